The van der Waals surface area contributed by atoms with Gasteiger partial charge in [0.1, 0.15) is 0 Å². The lowest BCUT2D eigenvalue weighted by atomic mass is 9.84. The number of likely N-dealkylation sites (tertiary alicyclic amines) is 1. The lowest BCUT2D eigenvalue weighted by Gasteiger charge is -2.38. The lowest BCUT2D eigenvalue weighted by molar-refractivity contribution is -0.0256. The molecule has 0 bridgehead atoms. The molecule has 1 aliphatic rings. The van der Waals surface area contributed by atoms with Gasteiger partial charge >= 0.3 is 0 Å². The van der Waals surface area contributed by atoms with Crippen LogP contribution in [0.25, 0.3) is 0 Å². The second-order valence-corrected chi connectivity index (χ2v) is 5.26. The maximum Gasteiger partial charge on any atom is 0.0935 e. The van der Waals surface area contributed by atoms with Crippen molar-refractivity contribution in [3.63, 3.8) is 0 Å². The van der Waals surface area contributed by atoms with Crippen molar-refractivity contribution < 1.29 is 5.11 Å². The summed E-state index contributed by atoms with van der Waals surface area (Å²) in [5.74, 6) is 0. The standard InChI is InChI=1S/C14H20ClNO/c1-2-9-16-10-7-14(17,8-11-16)12-5-3-4-6-13(12)15/h3-6,17H,2,7-11H2,1H3. The van der Waals surface area contributed by atoms with Gasteiger partial charge in [0.2, 0.25) is 0 Å². The minimum atomic E-state index is -0.734. The molecule has 0 atom stereocenters. The van der Waals surface area contributed by atoms with Gasteiger partial charge in [0, 0.05) is 23.7 Å². The highest BCUT2D eigenvalue weighted by atomic mass is 35.5. The number of benzene rings is 1. The minimum absolute atomic E-state index is 0.680. The summed E-state index contributed by atoms with van der Waals surface area (Å²) in [4.78, 5) is 2.41. The summed E-state index contributed by atoms with van der Waals surface area (Å²) >= 11 is 6.17. The molecule has 0 radical (unpaired) electrons. The average molecular weight is 254 g/mol. The van der Waals surface area contributed by atoms with Gasteiger partial charge in [0.15, 0.2) is 0 Å². The fourth-order valence-corrected chi connectivity index (χ4v) is 2.88. The molecule has 1 aliphatic heterocycles. The van der Waals surface area contributed by atoms with Crippen molar-refractivity contribution in [2.45, 2.75) is 31.8 Å². The Balaban J connectivity index is 2.10. The highest BCUT2D eigenvalue weighted by Gasteiger charge is 2.34. The third-order valence-corrected chi connectivity index (χ3v) is 3.93. The van der Waals surface area contributed by atoms with E-state index in [1.54, 1.807) is 0 Å². The molecular formula is C14H20ClNO. The number of rotatable bonds is 3. The zero-order valence-electron chi connectivity index (χ0n) is 10.3. The van der Waals surface area contributed by atoms with Crippen molar-refractivity contribution in [3.05, 3.63) is 34.9 Å². The van der Waals surface area contributed by atoms with Crippen LogP contribution in [0.1, 0.15) is 31.7 Å². The monoisotopic (exact) mass is 253 g/mol. The molecule has 1 aromatic rings. The van der Waals surface area contributed by atoms with Crippen molar-refractivity contribution in [1.29, 1.82) is 0 Å². The third kappa shape index (κ3) is 2.82. The summed E-state index contributed by atoms with van der Waals surface area (Å²) < 4.78 is 0. The van der Waals surface area contributed by atoms with Crippen LogP contribution in [0.3, 0.4) is 0 Å². The molecule has 2 rings (SSSR count). The molecule has 0 unspecified atom stereocenters. The fraction of sp³-hybridized carbons (Fsp3) is 0.571. The van der Waals surface area contributed by atoms with Crippen LogP contribution in [-0.2, 0) is 5.60 Å². The summed E-state index contributed by atoms with van der Waals surface area (Å²) in [7, 11) is 0. The molecule has 0 saturated carbocycles. The topological polar surface area (TPSA) is 23.5 Å². The number of nitrogens with zero attached hydrogens (tertiary/aromatic N) is 1. The highest BCUT2D eigenvalue weighted by molar-refractivity contribution is 6.31. The van der Waals surface area contributed by atoms with Crippen molar-refractivity contribution >= 4 is 11.6 Å². The Morgan fingerprint density at radius 3 is 2.53 bits per heavy atom. The van der Waals surface area contributed by atoms with Gasteiger partial charge < -0.3 is 10.0 Å². The maximum absolute atomic E-state index is 10.7. The van der Waals surface area contributed by atoms with Gasteiger partial charge in [-0.15, -0.1) is 0 Å². The Morgan fingerprint density at radius 2 is 1.94 bits per heavy atom. The SMILES string of the molecule is CCCN1CCC(O)(c2ccccc2Cl)CC1. The summed E-state index contributed by atoms with van der Waals surface area (Å²) in [5, 5.41) is 11.4. The van der Waals surface area contributed by atoms with E-state index in [9.17, 15) is 5.11 Å². The average Bonchev–Trinajstić information content (AvgIpc) is 2.33. The number of halogens is 1. The third-order valence-electron chi connectivity index (χ3n) is 3.60. The van der Waals surface area contributed by atoms with E-state index in [4.69, 9.17) is 11.6 Å². The first-order valence-corrected chi connectivity index (χ1v) is 6.73. The number of hydrogen-bond acceptors (Lipinski definition) is 2. The predicted octanol–water partition coefficient (Wildman–Crippen LogP) is 3.03. The van der Waals surface area contributed by atoms with Crippen molar-refractivity contribution in [2.75, 3.05) is 19.6 Å². The summed E-state index contributed by atoms with van der Waals surface area (Å²) in [6.45, 7) is 5.22. The normalized spacial score (nSPS) is 20.4. The summed E-state index contributed by atoms with van der Waals surface area (Å²) in [5.41, 5.74) is 0.153. The molecule has 1 saturated heterocycles. The van der Waals surface area contributed by atoms with Gasteiger partial charge in [0.25, 0.3) is 0 Å². The van der Waals surface area contributed by atoms with E-state index >= 15 is 0 Å². The van der Waals surface area contributed by atoms with Crippen LogP contribution in [-0.4, -0.2) is 29.6 Å². The van der Waals surface area contributed by atoms with E-state index < -0.39 is 5.60 Å². The quantitative estimate of drug-likeness (QED) is 0.895. The Kier molecular flexibility index (Phi) is 4.08. The van der Waals surface area contributed by atoms with Crippen molar-refractivity contribution in [3.8, 4) is 0 Å². The number of hydrogen-bond donors (Lipinski definition) is 1. The van der Waals surface area contributed by atoms with Crippen LogP contribution in [0, 0.1) is 0 Å². The highest BCUT2D eigenvalue weighted by Crippen LogP contribution is 2.36. The maximum atomic E-state index is 10.7. The molecule has 17 heavy (non-hydrogen) atoms. The predicted molar refractivity (Wildman–Crippen MR) is 71.3 cm³/mol. The van der Waals surface area contributed by atoms with E-state index in [0.717, 1.165) is 38.0 Å². The van der Waals surface area contributed by atoms with Crippen LogP contribution in [0.4, 0.5) is 0 Å². The molecule has 1 heterocycles. The second kappa shape index (κ2) is 5.38. The van der Waals surface area contributed by atoms with Gasteiger partial charge in [-0.05, 0) is 31.9 Å². The molecule has 2 nitrogen and oxygen atoms in total. The van der Waals surface area contributed by atoms with Crippen LogP contribution in [0.15, 0.2) is 24.3 Å². The van der Waals surface area contributed by atoms with Gasteiger partial charge in [-0.2, -0.15) is 0 Å². The number of aliphatic hydroxyl groups is 1. The van der Waals surface area contributed by atoms with E-state index in [2.05, 4.69) is 11.8 Å². The van der Waals surface area contributed by atoms with Gasteiger partial charge in [-0.3, -0.25) is 0 Å². The minimum Gasteiger partial charge on any atom is -0.385 e. The molecule has 94 valence electrons. The Morgan fingerprint density at radius 1 is 1.29 bits per heavy atom. The molecule has 0 aliphatic carbocycles. The van der Waals surface area contributed by atoms with E-state index in [-0.39, 0.29) is 0 Å². The van der Waals surface area contributed by atoms with Gasteiger partial charge in [-0.25, -0.2) is 0 Å². The zero-order valence-corrected chi connectivity index (χ0v) is 11.1. The Hall–Kier alpha value is -0.570. The molecule has 0 amide bonds. The second-order valence-electron chi connectivity index (χ2n) is 4.85. The summed E-state index contributed by atoms with van der Waals surface area (Å²) in [6.07, 6.45) is 2.72. The van der Waals surface area contributed by atoms with Gasteiger partial charge in [-0.1, -0.05) is 36.7 Å². The molecule has 3 heteroatoms. The van der Waals surface area contributed by atoms with E-state index in [0.29, 0.717) is 5.02 Å². The first-order chi connectivity index (χ1) is 8.15. The first-order valence-electron chi connectivity index (χ1n) is 6.35. The lowest BCUT2D eigenvalue weighted by Crippen LogP contribution is -2.42. The Bertz CT molecular complexity index is 372. The van der Waals surface area contributed by atoms with Crippen LogP contribution < -0.4 is 0 Å². The summed E-state index contributed by atoms with van der Waals surface area (Å²) in [6, 6.07) is 7.64. The van der Waals surface area contributed by atoms with Crippen LogP contribution >= 0.6 is 11.6 Å². The van der Waals surface area contributed by atoms with E-state index in [1.165, 1.54) is 6.42 Å². The van der Waals surface area contributed by atoms with Gasteiger partial charge in [0.05, 0.1) is 5.60 Å². The zero-order chi connectivity index (χ0) is 12.3. The molecule has 1 aromatic carbocycles. The molecule has 1 fully saturated rings. The smallest absolute Gasteiger partial charge is 0.0935 e. The molecule has 0 spiro atoms. The van der Waals surface area contributed by atoms with Crippen molar-refractivity contribution in [1.82, 2.24) is 4.90 Å². The molecule has 0 aromatic heterocycles. The Labute approximate surface area is 108 Å². The largest absolute Gasteiger partial charge is 0.385 e. The molecule has 1 N–H and O–H groups in total. The number of piperidine rings is 1. The van der Waals surface area contributed by atoms with E-state index in [1.807, 2.05) is 24.3 Å². The first kappa shape index (κ1) is 12.9. The fourth-order valence-electron chi connectivity index (χ4n) is 2.57. The van der Waals surface area contributed by atoms with Crippen molar-refractivity contribution in [2.24, 2.45) is 0 Å². The van der Waals surface area contributed by atoms with Crippen LogP contribution in [0.2, 0.25) is 5.02 Å². The molecular weight excluding hydrogens is 234 g/mol. The van der Waals surface area contributed by atoms with Crippen LogP contribution in [0.5, 0.6) is 0 Å².